The highest BCUT2D eigenvalue weighted by atomic mass is 16.7. The number of carbonyl (C=O) groups excluding carboxylic acids is 1. The second-order valence-electron chi connectivity index (χ2n) is 23.2. The Morgan fingerprint density at radius 3 is 1.34 bits per heavy atom. The molecule has 2 saturated heterocycles. The molecule has 0 radical (unpaired) electrons. The predicted octanol–water partition coefficient (Wildman–Crippen LogP) is 12.7. The molecule has 2 aliphatic heterocycles. The van der Waals surface area contributed by atoms with Crippen LogP contribution in [0.3, 0.4) is 0 Å². The minimum absolute atomic E-state index is 0.242. The molecule has 12 atom stereocenters. The van der Waals surface area contributed by atoms with Crippen LogP contribution in [0.2, 0.25) is 0 Å². The summed E-state index contributed by atoms with van der Waals surface area (Å²) in [5.41, 5.74) is 0. The Morgan fingerprint density at radius 2 is 0.854 bits per heavy atom. The van der Waals surface area contributed by atoms with E-state index in [-0.39, 0.29) is 18.9 Å². The molecule has 476 valence electrons. The highest BCUT2D eigenvalue weighted by molar-refractivity contribution is 5.76. The second kappa shape index (κ2) is 52.7. The highest BCUT2D eigenvalue weighted by Crippen LogP contribution is 2.30. The number of aliphatic hydroxyl groups excluding tert-OH is 8. The standard InChI is InChI=1S/C68H121NO13/c1-3-5-7-9-11-13-15-17-19-21-22-23-24-25-26-27-28-29-30-31-32-33-34-36-37-39-41-43-45-47-49-51-57(72)56(69-60(73)52-50-48-46-44-42-40-38-35-20-18-16-14-12-10-8-6-4-2)55-79-67-65(78)63(76)66(59(54-71)81-67)82-68-64(77)62(75)61(74)58(53-70)80-68/h6,8,12,14,18,20,38,40-41,43,49,51,56-59,61-68,70-72,74-78H,3-5,7,9-11,13,15-17,19,21-37,39,42,44-48,50,52-55H2,1-2H3,(H,69,73)/b8-6-,14-12-,20-18-,40-38-,43-41+,51-49+. The highest BCUT2D eigenvalue weighted by Gasteiger charge is 2.51. The molecule has 2 rings (SSSR count). The van der Waals surface area contributed by atoms with Crippen LogP contribution in [0.15, 0.2) is 72.9 Å². The lowest BCUT2D eigenvalue weighted by atomic mass is 9.97. The molecular weight excluding hydrogens is 1040 g/mol. The number of amides is 1. The molecule has 0 bridgehead atoms. The van der Waals surface area contributed by atoms with Gasteiger partial charge in [0.2, 0.25) is 5.91 Å². The van der Waals surface area contributed by atoms with Crippen LogP contribution in [-0.4, -0.2) is 140 Å². The van der Waals surface area contributed by atoms with Crippen molar-refractivity contribution < 1.29 is 64.6 Å². The van der Waals surface area contributed by atoms with Gasteiger partial charge in [0.05, 0.1) is 32.0 Å². The third kappa shape index (κ3) is 37.1. The fourth-order valence-corrected chi connectivity index (χ4v) is 10.6. The van der Waals surface area contributed by atoms with E-state index in [0.717, 1.165) is 64.2 Å². The third-order valence-electron chi connectivity index (χ3n) is 15.9. The van der Waals surface area contributed by atoms with E-state index < -0.39 is 86.8 Å². The number of hydrogen-bond donors (Lipinski definition) is 9. The Bertz CT molecular complexity index is 1650. The molecule has 0 spiro atoms. The van der Waals surface area contributed by atoms with Crippen molar-refractivity contribution in [3.8, 4) is 0 Å². The van der Waals surface area contributed by atoms with Crippen LogP contribution >= 0.6 is 0 Å². The molecule has 82 heavy (non-hydrogen) atoms. The molecule has 2 heterocycles. The van der Waals surface area contributed by atoms with Gasteiger partial charge < -0.3 is 65.1 Å². The molecule has 0 aromatic rings. The SMILES string of the molecule is CC/C=C\C/C=C\C/C=C\C/C=C\CCCCCCC(=O)NC(COC1OC(CO)C(OC2OC(CO)C(O)C(O)C2O)C(O)C1O)C(O)/C=C/CC/C=C/CCCCCCCCCCCCCCCCCCCCCCCCCCC. The zero-order valence-electron chi connectivity index (χ0n) is 51.5. The van der Waals surface area contributed by atoms with Gasteiger partial charge >= 0.3 is 0 Å². The number of nitrogens with one attached hydrogen (secondary N) is 1. The van der Waals surface area contributed by atoms with Crippen LogP contribution in [0.1, 0.15) is 258 Å². The van der Waals surface area contributed by atoms with E-state index in [2.05, 4.69) is 79.9 Å². The van der Waals surface area contributed by atoms with Gasteiger partial charge in [-0.05, 0) is 70.6 Å². The lowest BCUT2D eigenvalue weighted by molar-refractivity contribution is -0.359. The van der Waals surface area contributed by atoms with Crippen LogP contribution in [0.4, 0.5) is 0 Å². The van der Waals surface area contributed by atoms with Crippen molar-refractivity contribution in [2.75, 3.05) is 19.8 Å². The number of unbranched alkanes of at least 4 members (excludes halogenated alkanes) is 30. The number of carbonyl (C=O) groups is 1. The lowest BCUT2D eigenvalue weighted by Gasteiger charge is -2.46. The Hall–Kier alpha value is -2.57. The number of aliphatic hydroxyl groups is 8. The number of ether oxygens (including phenoxy) is 4. The molecule has 0 aromatic heterocycles. The van der Waals surface area contributed by atoms with Gasteiger partial charge in [-0.3, -0.25) is 4.79 Å². The minimum atomic E-state index is -1.80. The van der Waals surface area contributed by atoms with E-state index >= 15 is 0 Å². The van der Waals surface area contributed by atoms with Gasteiger partial charge in [0.1, 0.15) is 48.8 Å². The summed E-state index contributed by atoms with van der Waals surface area (Å²) in [6.45, 7) is 2.66. The third-order valence-corrected chi connectivity index (χ3v) is 15.9. The Morgan fingerprint density at radius 1 is 0.451 bits per heavy atom. The fourth-order valence-electron chi connectivity index (χ4n) is 10.6. The average molecular weight is 1160 g/mol. The zero-order chi connectivity index (χ0) is 59.5. The molecule has 0 saturated carbocycles. The van der Waals surface area contributed by atoms with E-state index in [0.29, 0.717) is 12.8 Å². The Labute approximate surface area is 498 Å². The van der Waals surface area contributed by atoms with Gasteiger partial charge in [-0.1, -0.05) is 254 Å². The molecule has 0 aliphatic carbocycles. The Kier molecular flexibility index (Phi) is 48.6. The molecule has 1 amide bonds. The largest absolute Gasteiger partial charge is 0.394 e. The van der Waals surface area contributed by atoms with Crippen LogP contribution in [0.25, 0.3) is 0 Å². The van der Waals surface area contributed by atoms with Crippen molar-refractivity contribution >= 4 is 5.91 Å². The Balaban J connectivity index is 1.70. The van der Waals surface area contributed by atoms with Gasteiger partial charge in [0.15, 0.2) is 12.6 Å². The molecule has 0 aromatic carbocycles. The normalized spacial score (nSPS) is 24.4. The number of allylic oxidation sites excluding steroid dienone is 11. The first-order valence-electron chi connectivity index (χ1n) is 33.2. The van der Waals surface area contributed by atoms with Crippen molar-refractivity contribution in [2.24, 2.45) is 0 Å². The van der Waals surface area contributed by atoms with Crippen molar-refractivity contribution in [3.05, 3.63) is 72.9 Å². The summed E-state index contributed by atoms with van der Waals surface area (Å²) < 4.78 is 22.8. The van der Waals surface area contributed by atoms with E-state index in [9.17, 15) is 45.6 Å². The quantitative estimate of drug-likeness (QED) is 0.0204. The van der Waals surface area contributed by atoms with Gasteiger partial charge in [0, 0.05) is 6.42 Å². The summed E-state index contributed by atoms with van der Waals surface area (Å²) in [5, 5.41) is 87.2. The summed E-state index contributed by atoms with van der Waals surface area (Å²) in [7, 11) is 0. The maximum Gasteiger partial charge on any atom is 0.220 e. The number of rotatable bonds is 53. The first-order chi connectivity index (χ1) is 40.1. The van der Waals surface area contributed by atoms with E-state index in [1.165, 1.54) is 161 Å². The molecule has 12 unspecified atom stereocenters. The van der Waals surface area contributed by atoms with Gasteiger partial charge in [0.25, 0.3) is 0 Å². The van der Waals surface area contributed by atoms with E-state index in [1.807, 2.05) is 6.08 Å². The summed E-state index contributed by atoms with van der Waals surface area (Å²) in [6.07, 6.45) is 54.0. The molecular formula is C68H121NO13. The van der Waals surface area contributed by atoms with Gasteiger partial charge in [-0.15, -0.1) is 0 Å². The summed E-state index contributed by atoms with van der Waals surface area (Å²) in [4.78, 5) is 13.3. The van der Waals surface area contributed by atoms with Crippen LogP contribution in [-0.2, 0) is 23.7 Å². The topological polar surface area (TPSA) is 228 Å². The van der Waals surface area contributed by atoms with Crippen molar-refractivity contribution in [1.82, 2.24) is 5.32 Å². The van der Waals surface area contributed by atoms with E-state index in [1.54, 1.807) is 6.08 Å². The number of hydrogen-bond acceptors (Lipinski definition) is 13. The molecule has 9 N–H and O–H groups in total. The monoisotopic (exact) mass is 1160 g/mol. The van der Waals surface area contributed by atoms with Gasteiger partial charge in [-0.25, -0.2) is 0 Å². The predicted molar refractivity (Wildman–Crippen MR) is 332 cm³/mol. The molecule has 2 aliphatic rings. The smallest absolute Gasteiger partial charge is 0.220 e. The molecule has 14 heteroatoms. The maximum absolute atomic E-state index is 13.3. The van der Waals surface area contributed by atoms with Crippen LogP contribution in [0, 0.1) is 0 Å². The summed E-state index contributed by atoms with van der Waals surface area (Å²) in [5.74, 6) is -0.273. The van der Waals surface area contributed by atoms with Gasteiger partial charge in [-0.2, -0.15) is 0 Å². The van der Waals surface area contributed by atoms with Crippen molar-refractivity contribution in [2.45, 2.75) is 331 Å². The lowest BCUT2D eigenvalue weighted by Crippen LogP contribution is -2.65. The second-order valence-corrected chi connectivity index (χ2v) is 23.2. The summed E-state index contributed by atoms with van der Waals surface area (Å²) >= 11 is 0. The fraction of sp³-hybridized carbons (Fsp3) is 0.809. The first kappa shape index (κ1) is 75.5. The zero-order valence-corrected chi connectivity index (χ0v) is 51.5. The first-order valence-corrected chi connectivity index (χ1v) is 33.2. The van der Waals surface area contributed by atoms with Crippen molar-refractivity contribution in [1.29, 1.82) is 0 Å². The maximum atomic E-state index is 13.3. The average Bonchev–Trinajstić information content (AvgIpc) is 3.49. The van der Waals surface area contributed by atoms with Crippen LogP contribution < -0.4 is 5.32 Å². The molecule has 14 nitrogen and oxygen atoms in total. The van der Waals surface area contributed by atoms with E-state index in [4.69, 9.17) is 18.9 Å². The van der Waals surface area contributed by atoms with Crippen molar-refractivity contribution in [3.63, 3.8) is 0 Å². The molecule has 2 fully saturated rings. The summed E-state index contributed by atoms with van der Waals surface area (Å²) in [6, 6.07) is -0.949. The van der Waals surface area contributed by atoms with Crippen LogP contribution in [0.5, 0.6) is 0 Å². The minimum Gasteiger partial charge on any atom is -0.394 e.